The Morgan fingerprint density at radius 2 is 1.79 bits per heavy atom. The lowest BCUT2D eigenvalue weighted by atomic mass is 10.1. The van der Waals surface area contributed by atoms with Gasteiger partial charge >= 0.3 is 0 Å². The van der Waals surface area contributed by atoms with Crippen molar-refractivity contribution in [3.63, 3.8) is 0 Å². The molecular weight excluding hydrogens is 402 g/mol. The number of aldehydes is 1. The molecule has 0 aliphatic rings. The Balaban J connectivity index is 2.18. The highest BCUT2D eigenvalue weighted by atomic mass is 32.1. The zero-order valence-corrected chi connectivity index (χ0v) is 19.8. The minimum absolute atomic E-state index is 0.0356. The van der Waals surface area contributed by atoms with E-state index in [1.807, 2.05) is 24.3 Å². The molecule has 0 aliphatic heterocycles. The fourth-order valence-corrected chi connectivity index (χ4v) is 4.82. The summed E-state index contributed by atoms with van der Waals surface area (Å²) >= 11 is 1.50. The Bertz CT molecular complexity index is 1050. The summed E-state index contributed by atoms with van der Waals surface area (Å²) in [5, 5.41) is 0.751. The third kappa shape index (κ3) is 4.02. The number of methoxy groups -OCH3 is 2. The summed E-state index contributed by atoms with van der Waals surface area (Å²) in [7, 11) is 1.15. The number of aromatic nitrogens is 1. The first-order chi connectivity index (χ1) is 13.6. The van der Waals surface area contributed by atoms with E-state index in [0.29, 0.717) is 27.6 Å². The first kappa shape index (κ1) is 21.3. The van der Waals surface area contributed by atoms with Crippen molar-refractivity contribution in [3.8, 4) is 27.8 Å². The van der Waals surface area contributed by atoms with Crippen LogP contribution in [0.1, 0.15) is 31.1 Å². The van der Waals surface area contributed by atoms with Crippen LogP contribution in [0.15, 0.2) is 30.3 Å². The quantitative estimate of drug-likeness (QED) is 0.346. The van der Waals surface area contributed by atoms with E-state index in [4.69, 9.17) is 18.9 Å². The van der Waals surface area contributed by atoms with Gasteiger partial charge in [0, 0.05) is 5.56 Å². The van der Waals surface area contributed by atoms with Crippen LogP contribution in [-0.4, -0.2) is 33.8 Å². The van der Waals surface area contributed by atoms with Crippen molar-refractivity contribution >= 4 is 36.2 Å². The van der Waals surface area contributed by atoms with Gasteiger partial charge in [-0.15, -0.1) is 11.3 Å². The molecule has 0 aliphatic carbocycles. The standard InChI is InChI=1S/C22H27NO4SSi/c1-22(2,3)29(6,7)27-17-11-8-14(13-24)19(20(17)26-5)21-23-16-10-9-15(25-4)12-18(16)28-21/h8-13H,1-7H3. The Morgan fingerprint density at radius 1 is 1.07 bits per heavy atom. The average molecular weight is 430 g/mol. The third-order valence-electron chi connectivity index (χ3n) is 5.47. The molecule has 0 amide bonds. The van der Waals surface area contributed by atoms with Crippen LogP contribution in [-0.2, 0) is 0 Å². The number of ether oxygens (including phenoxy) is 2. The summed E-state index contributed by atoms with van der Waals surface area (Å²) in [6.45, 7) is 10.9. The molecule has 1 aromatic heterocycles. The van der Waals surface area contributed by atoms with Crippen LogP contribution in [0, 0.1) is 0 Å². The summed E-state index contributed by atoms with van der Waals surface area (Å²) in [6.07, 6.45) is 0.834. The number of benzene rings is 2. The van der Waals surface area contributed by atoms with Gasteiger partial charge in [-0.05, 0) is 48.5 Å². The van der Waals surface area contributed by atoms with Gasteiger partial charge in [0.15, 0.2) is 12.0 Å². The Labute approximate surface area is 176 Å². The van der Waals surface area contributed by atoms with E-state index >= 15 is 0 Å². The highest BCUT2D eigenvalue weighted by Gasteiger charge is 2.40. The van der Waals surface area contributed by atoms with Crippen LogP contribution in [0.4, 0.5) is 0 Å². The highest BCUT2D eigenvalue weighted by molar-refractivity contribution is 7.21. The monoisotopic (exact) mass is 429 g/mol. The Kier molecular flexibility index (Phi) is 5.74. The second-order valence-electron chi connectivity index (χ2n) is 8.39. The maximum absolute atomic E-state index is 11.8. The number of hydrogen-bond donors (Lipinski definition) is 0. The van der Waals surface area contributed by atoms with Gasteiger partial charge in [-0.25, -0.2) is 4.98 Å². The molecule has 0 saturated heterocycles. The summed E-state index contributed by atoms with van der Waals surface area (Å²) in [5.74, 6) is 1.97. The van der Waals surface area contributed by atoms with E-state index < -0.39 is 8.32 Å². The zero-order valence-electron chi connectivity index (χ0n) is 18.0. The minimum atomic E-state index is -2.09. The molecule has 3 rings (SSSR count). The molecule has 0 bridgehead atoms. The second-order valence-corrected chi connectivity index (χ2v) is 14.1. The van der Waals surface area contributed by atoms with E-state index in [1.54, 1.807) is 20.3 Å². The van der Waals surface area contributed by atoms with Crippen LogP contribution in [0.25, 0.3) is 20.8 Å². The summed E-state index contributed by atoms with van der Waals surface area (Å²) in [6, 6.07) is 9.33. The molecular formula is C22H27NO4SSi. The highest BCUT2D eigenvalue weighted by Crippen LogP contribution is 2.46. The number of rotatable bonds is 6. The molecule has 0 atom stereocenters. The third-order valence-corrected chi connectivity index (χ3v) is 10.8. The van der Waals surface area contributed by atoms with Gasteiger partial charge in [0.1, 0.15) is 16.5 Å². The number of hydrogen-bond acceptors (Lipinski definition) is 6. The Hall–Kier alpha value is -2.38. The molecule has 2 aromatic carbocycles. The van der Waals surface area contributed by atoms with Crippen LogP contribution in [0.5, 0.6) is 17.2 Å². The molecule has 0 radical (unpaired) electrons. The minimum Gasteiger partial charge on any atom is -0.541 e. The number of carbonyl (C=O) groups is 1. The van der Waals surface area contributed by atoms with Gasteiger partial charge in [0.2, 0.25) is 0 Å². The van der Waals surface area contributed by atoms with Crippen molar-refractivity contribution in [2.24, 2.45) is 0 Å². The lowest BCUT2D eigenvalue weighted by Gasteiger charge is -2.37. The molecule has 0 unspecified atom stereocenters. The molecule has 154 valence electrons. The summed E-state index contributed by atoms with van der Waals surface area (Å²) in [4.78, 5) is 16.6. The van der Waals surface area contributed by atoms with Gasteiger partial charge in [-0.3, -0.25) is 4.79 Å². The Morgan fingerprint density at radius 3 is 2.38 bits per heavy atom. The van der Waals surface area contributed by atoms with Crippen molar-refractivity contribution in [1.82, 2.24) is 4.98 Å². The number of fused-ring (bicyclic) bond motifs is 1. The normalized spacial score (nSPS) is 12.1. The predicted octanol–water partition coefficient (Wildman–Crippen LogP) is 6.18. The van der Waals surface area contributed by atoms with Crippen molar-refractivity contribution in [2.45, 2.75) is 38.9 Å². The largest absolute Gasteiger partial charge is 0.541 e. The summed E-state index contributed by atoms with van der Waals surface area (Å²) < 4.78 is 18.6. The second kappa shape index (κ2) is 7.80. The maximum atomic E-state index is 11.8. The van der Waals surface area contributed by atoms with Gasteiger partial charge in [0.25, 0.3) is 8.32 Å². The van der Waals surface area contributed by atoms with E-state index in [1.165, 1.54) is 11.3 Å². The molecule has 0 saturated carbocycles. The SMILES string of the molecule is COc1ccc2nc(-c3c(C=O)ccc(O[Si](C)(C)C(C)(C)C)c3OC)sc2c1. The first-order valence-electron chi connectivity index (χ1n) is 9.41. The van der Waals surface area contributed by atoms with E-state index in [-0.39, 0.29) is 5.04 Å². The van der Waals surface area contributed by atoms with Crippen molar-refractivity contribution in [3.05, 3.63) is 35.9 Å². The predicted molar refractivity (Wildman–Crippen MR) is 121 cm³/mol. The first-order valence-corrected chi connectivity index (χ1v) is 13.1. The van der Waals surface area contributed by atoms with E-state index in [9.17, 15) is 4.79 Å². The molecule has 3 aromatic rings. The molecule has 0 N–H and O–H groups in total. The van der Waals surface area contributed by atoms with E-state index in [0.717, 1.165) is 22.3 Å². The number of thiazole rings is 1. The van der Waals surface area contributed by atoms with Gasteiger partial charge in [-0.2, -0.15) is 0 Å². The van der Waals surface area contributed by atoms with Gasteiger partial charge < -0.3 is 13.9 Å². The molecule has 0 spiro atoms. The van der Waals surface area contributed by atoms with Crippen molar-refractivity contribution in [2.75, 3.05) is 14.2 Å². The number of nitrogens with zero attached hydrogens (tertiary/aromatic N) is 1. The van der Waals surface area contributed by atoms with Gasteiger partial charge in [0.05, 0.1) is 30.0 Å². The van der Waals surface area contributed by atoms with Crippen LogP contribution < -0.4 is 13.9 Å². The fourth-order valence-electron chi connectivity index (χ4n) is 2.75. The lowest BCUT2D eigenvalue weighted by molar-refractivity contribution is 0.112. The maximum Gasteiger partial charge on any atom is 0.250 e. The smallest absolute Gasteiger partial charge is 0.250 e. The molecule has 5 nitrogen and oxygen atoms in total. The van der Waals surface area contributed by atoms with Crippen LogP contribution in [0.2, 0.25) is 18.1 Å². The molecule has 7 heteroatoms. The topological polar surface area (TPSA) is 57.7 Å². The molecule has 1 heterocycles. The van der Waals surface area contributed by atoms with Crippen molar-refractivity contribution in [1.29, 1.82) is 0 Å². The number of carbonyl (C=O) groups excluding carboxylic acids is 1. The lowest BCUT2D eigenvalue weighted by Crippen LogP contribution is -2.43. The molecule has 29 heavy (non-hydrogen) atoms. The summed E-state index contributed by atoms with van der Waals surface area (Å²) in [5.41, 5.74) is 2.04. The zero-order chi connectivity index (χ0) is 21.4. The fraction of sp³-hybridized carbons (Fsp3) is 0.364. The van der Waals surface area contributed by atoms with E-state index in [2.05, 4.69) is 33.9 Å². The average Bonchev–Trinajstić information content (AvgIpc) is 3.09. The van der Waals surface area contributed by atoms with Gasteiger partial charge in [-0.1, -0.05) is 20.8 Å². The van der Waals surface area contributed by atoms with Crippen molar-refractivity contribution < 1.29 is 18.7 Å². The van der Waals surface area contributed by atoms with Crippen LogP contribution in [0.3, 0.4) is 0 Å². The van der Waals surface area contributed by atoms with Crippen LogP contribution >= 0.6 is 11.3 Å². The molecule has 0 fully saturated rings.